The maximum absolute atomic E-state index is 13.1. The van der Waals surface area contributed by atoms with Crippen LogP contribution in [0.15, 0.2) is 212 Å². The molecule has 12 heterocycles. The first-order valence-electron chi connectivity index (χ1n) is 39.6. The van der Waals surface area contributed by atoms with Gasteiger partial charge >= 0.3 is 47.3 Å². The normalized spacial score (nSPS) is 18.7. The molecule has 37 heteroatoms. The Bertz CT molecular complexity index is 5460. The number of likely N-dealkylation sites (N-methyl/N-ethyl adjacent to an activating group) is 4. The van der Waals surface area contributed by atoms with Gasteiger partial charge < -0.3 is 63.0 Å². The van der Waals surface area contributed by atoms with Crippen LogP contribution >= 0.6 is 0 Å². The van der Waals surface area contributed by atoms with Gasteiger partial charge in [-0.3, -0.25) is 53.2 Å². The highest BCUT2D eigenvalue weighted by atomic mass is 16.6. The number of rotatable bonds is 16. The Morgan fingerprint density at radius 2 is 0.610 bits per heavy atom. The lowest BCUT2D eigenvalue weighted by Gasteiger charge is -2.25. The average molecular weight is 1670 g/mol. The number of nitrogens with two attached hydrogens (primary N) is 1. The summed E-state index contributed by atoms with van der Waals surface area (Å²) in [7, 11) is 6.52. The SMILES string of the molecule is CCOC(=O)c1nnc(Cc2ccccc2)o1.CN1C(=O)C(N)C2(CC2)Oc2cccnc21.CN1C(=O)C(NC(=O)c2nnc(Cc3ccccc3)o2)C2(CC2)Oc2cccnc21.CN1C(=O)[C@@H](NC(=O)c2nnc(Cc3ccccc3)o2)C2(CC2)Oc2cccnc21.CN1C(=O)[C@H](NC(=O)c2nnc(Cc3ccccc3)o2)C2(CC2)Oc2cccnc21. The van der Waals surface area contributed by atoms with Crippen molar-refractivity contribution < 1.29 is 79.7 Å². The van der Waals surface area contributed by atoms with Crippen molar-refractivity contribution in [1.82, 2.24) is 76.7 Å². The molecule has 5 N–H and O–H groups in total. The summed E-state index contributed by atoms with van der Waals surface area (Å²) in [5.74, 6) is 1.28. The van der Waals surface area contributed by atoms with E-state index in [1.807, 2.05) is 127 Å². The number of ether oxygens (including phenoxy) is 5. The van der Waals surface area contributed by atoms with Crippen LogP contribution in [0.5, 0.6) is 23.0 Å². The minimum Gasteiger partial charge on any atom is -0.481 e. The van der Waals surface area contributed by atoms with Crippen LogP contribution in [-0.2, 0) is 49.6 Å². The molecule has 628 valence electrons. The monoisotopic (exact) mass is 1670 g/mol. The minimum atomic E-state index is -0.881. The van der Waals surface area contributed by atoms with Gasteiger partial charge in [0, 0.05) is 53.0 Å². The highest BCUT2D eigenvalue weighted by Crippen LogP contribution is 2.51. The number of aromatic nitrogens is 12. The number of nitrogens with one attached hydrogen (secondary N) is 3. The van der Waals surface area contributed by atoms with E-state index in [2.05, 4.69) is 76.7 Å². The first-order valence-corrected chi connectivity index (χ1v) is 39.6. The Balaban J connectivity index is 0.000000116. The summed E-state index contributed by atoms with van der Waals surface area (Å²) in [4.78, 5) is 124. The summed E-state index contributed by atoms with van der Waals surface area (Å²) in [6, 6.07) is 49.5. The second-order valence-corrected chi connectivity index (χ2v) is 30.1. The molecule has 4 spiro atoms. The second-order valence-electron chi connectivity index (χ2n) is 30.1. The van der Waals surface area contributed by atoms with Crippen molar-refractivity contribution in [1.29, 1.82) is 0 Å². The molecule has 4 fully saturated rings. The van der Waals surface area contributed by atoms with E-state index in [9.17, 15) is 38.4 Å². The van der Waals surface area contributed by atoms with Crippen LogP contribution in [0.4, 0.5) is 23.3 Å². The van der Waals surface area contributed by atoms with Crippen molar-refractivity contribution in [3.63, 3.8) is 0 Å². The number of fused-ring (bicyclic) bond motifs is 4. The van der Waals surface area contributed by atoms with Crippen molar-refractivity contribution in [2.45, 2.75) is 131 Å². The molecule has 8 aromatic heterocycles. The molecule has 2 unspecified atom stereocenters. The first kappa shape index (κ1) is 81.7. The highest BCUT2D eigenvalue weighted by Gasteiger charge is 2.62. The third-order valence-electron chi connectivity index (χ3n) is 21.5. The first-order chi connectivity index (χ1) is 59.6. The standard InChI is InChI=1S/3C21H19N5O4.C12H12N2O3.C11H13N3O2/c3*1-26-17-14(8-5-11-22-17)30-21(9-10-21)16(20(26)28)23-18(27)19-25-24-15(29-19)12-13-6-3-2-4-7-13;1-2-16-12(15)11-14-13-10(17-11)8-9-6-4-3-5-7-9;1-14-9-7(3-2-6-13-9)16-11(4-5-11)8(12)10(14)15/h3*2-8,11,16H,9-10,12H2,1H3,(H,23,27);3-7H,2,8H2,1H3;2-3,6,8H,4-5,12H2,1H3/t2*16-;;;/m10.../s1. The second kappa shape index (κ2) is 34.7. The lowest BCUT2D eigenvalue weighted by molar-refractivity contribution is -0.123. The van der Waals surface area contributed by atoms with Gasteiger partial charge in [-0.25, -0.2) is 24.7 Å². The van der Waals surface area contributed by atoms with Gasteiger partial charge in [-0.05, 0) is 129 Å². The van der Waals surface area contributed by atoms with Crippen LogP contribution in [0, 0.1) is 0 Å². The van der Waals surface area contributed by atoms with E-state index in [1.165, 1.54) is 19.6 Å². The number of anilines is 4. The molecule has 4 atom stereocenters. The Hall–Kier alpha value is -15.0. The summed E-state index contributed by atoms with van der Waals surface area (Å²) in [6.07, 6.45) is 13.7. The summed E-state index contributed by atoms with van der Waals surface area (Å²) in [5, 5.41) is 39.0. The lowest BCUT2D eigenvalue weighted by Crippen LogP contribution is -2.55. The number of carbonyl (C=O) groups excluding carboxylic acids is 8. The van der Waals surface area contributed by atoms with Gasteiger partial charge in [-0.1, -0.05) is 121 Å². The van der Waals surface area contributed by atoms with E-state index in [1.54, 1.807) is 102 Å². The topological polar surface area (TPSA) is 465 Å². The molecule has 37 nitrogen and oxygen atoms in total. The number of hydrogen-bond donors (Lipinski definition) is 4. The number of carbonyl (C=O) groups is 8. The number of benzene rings is 4. The Kier molecular flexibility index (Phi) is 23.1. The summed E-state index contributed by atoms with van der Waals surface area (Å²) < 4.78 is 50.8. The van der Waals surface area contributed by atoms with E-state index in [-0.39, 0.29) is 53.8 Å². The van der Waals surface area contributed by atoms with E-state index in [4.69, 9.17) is 47.1 Å². The van der Waals surface area contributed by atoms with Crippen molar-refractivity contribution >= 4 is 70.6 Å². The van der Waals surface area contributed by atoms with E-state index in [0.717, 1.165) is 35.1 Å². The number of nitrogens with zero attached hydrogens (tertiary/aromatic N) is 16. The summed E-state index contributed by atoms with van der Waals surface area (Å²) in [6.45, 7) is 2.01. The highest BCUT2D eigenvalue weighted by molar-refractivity contribution is 6.05. The largest absolute Gasteiger partial charge is 0.481 e. The third-order valence-corrected chi connectivity index (χ3v) is 21.5. The molecule has 0 radical (unpaired) electrons. The molecule has 0 bridgehead atoms. The molecule has 8 aliphatic rings. The van der Waals surface area contributed by atoms with Gasteiger partial charge in [-0.15, -0.1) is 40.8 Å². The van der Waals surface area contributed by atoms with Crippen LogP contribution in [0.3, 0.4) is 0 Å². The fourth-order valence-electron chi connectivity index (χ4n) is 14.2. The molecule has 123 heavy (non-hydrogen) atoms. The fourth-order valence-corrected chi connectivity index (χ4v) is 14.2. The molecule has 4 aliphatic heterocycles. The predicted molar refractivity (Wildman–Crippen MR) is 433 cm³/mol. The summed E-state index contributed by atoms with van der Waals surface area (Å²) in [5.41, 5.74) is 7.11. The van der Waals surface area contributed by atoms with Gasteiger partial charge in [0.05, 0.1) is 32.3 Å². The van der Waals surface area contributed by atoms with Gasteiger partial charge in [0.2, 0.25) is 29.5 Å². The smallest absolute Gasteiger partial charge is 0.396 e. The Morgan fingerprint density at radius 1 is 0.358 bits per heavy atom. The molecule has 20 rings (SSSR count). The predicted octanol–water partition coefficient (Wildman–Crippen LogP) is 7.36. The van der Waals surface area contributed by atoms with Gasteiger partial charge in [0.15, 0.2) is 46.3 Å². The van der Waals surface area contributed by atoms with E-state index < -0.39 is 70.3 Å². The maximum atomic E-state index is 13.1. The Labute approximate surface area is 701 Å². The zero-order valence-electron chi connectivity index (χ0n) is 67.1. The van der Waals surface area contributed by atoms with Crippen LogP contribution < -0.4 is 60.2 Å². The molecular formula is C86H82N20O17. The molecule has 4 aromatic carbocycles. The lowest BCUT2D eigenvalue weighted by atomic mass is 10.1. The van der Waals surface area contributed by atoms with E-state index >= 15 is 0 Å². The van der Waals surface area contributed by atoms with Crippen molar-refractivity contribution in [3.05, 3.63) is 264 Å². The minimum absolute atomic E-state index is 0.0993. The molecule has 12 aromatic rings. The number of hydrogen-bond acceptors (Lipinski definition) is 30. The van der Waals surface area contributed by atoms with Gasteiger partial charge in [0.25, 0.3) is 17.7 Å². The van der Waals surface area contributed by atoms with Crippen LogP contribution in [-0.4, -0.2) is 189 Å². The van der Waals surface area contributed by atoms with Gasteiger partial charge in [0.1, 0.15) is 46.6 Å². The zero-order valence-corrected chi connectivity index (χ0v) is 67.1. The van der Waals surface area contributed by atoms with Crippen molar-refractivity contribution in [3.8, 4) is 23.0 Å². The molecule has 0 saturated heterocycles. The van der Waals surface area contributed by atoms with Crippen LogP contribution in [0.2, 0.25) is 0 Å². The van der Waals surface area contributed by atoms with Crippen molar-refractivity contribution in [2.24, 2.45) is 5.73 Å². The third kappa shape index (κ3) is 18.0. The Morgan fingerprint density at radius 3 is 0.878 bits per heavy atom. The molecule has 7 amide bonds. The van der Waals surface area contributed by atoms with Crippen LogP contribution in [0.25, 0.3) is 0 Å². The molecule has 4 aliphatic carbocycles. The quantitative estimate of drug-likeness (QED) is 0.0686. The average Bonchev–Trinajstić information content (AvgIpc) is 1.59. The van der Waals surface area contributed by atoms with Gasteiger partial charge in [-0.2, -0.15) is 0 Å². The van der Waals surface area contributed by atoms with E-state index in [0.29, 0.717) is 134 Å². The van der Waals surface area contributed by atoms with Crippen molar-refractivity contribution in [2.75, 3.05) is 54.4 Å². The maximum Gasteiger partial charge on any atom is 0.396 e. The molecule has 4 saturated carbocycles. The van der Waals surface area contributed by atoms with Crippen LogP contribution in [0.1, 0.15) is 147 Å². The molecular weight excluding hydrogens is 1590 g/mol. The number of amides is 7. The fraction of sp³-hybridized carbons (Fsp3) is 0.302. The zero-order chi connectivity index (χ0) is 85.6. The number of pyridine rings is 4. The number of esters is 1. The summed E-state index contributed by atoms with van der Waals surface area (Å²) >= 11 is 0.